The van der Waals surface area contributed by atoms with Crippen molar-refractivity contribution in [1.29, 1.82) is 0 Å². The lowest BCUT2D eigenvalue weighted by Crippen LogP contribution is -2.52. The van der Waals surface area contributed by atoms with E-state index in [1.807, 2.05) is 67.6 Å². The highest BCUT2D eigenvalue weighted by Crippen LogP contribution is 2.35. The lowest BCUT2D eigenvalue weighted by atomic mass is 9.87. The Bertz CT molecular complexity index is 2630. The van der Waals surface area contributed by atoms with Gasteiger partial charge in [-0.15, -0.1) is 22.6 Å². The summed E-state index contributed by atoms with van der Waals surface area (Å²) in [5, 5.41) is 24.5. The lowest BCUT2D eigenvalue weighted by molar-refractivity contribution is -0.137. The number of hydrogen-bond donors (Lipinski definition) is 6. The number of nitrogens with one attached hydrogen (secondary N) is 6. The number of anilines is 2. The second kappa shape index (κ2) is 26.8. The van der Waals surface area contributed by atoms with Gasteiger partial charge in [0.1, 0.15) is 11.8 Å². The van der Waals surface area contributed by atoms with E-state index in [1.165, 1.54) is 4.90 Å². The van der Waals surface area contributed by atoms with Gasteiger partial charge in [-0.3, -0.25) is 34.3 Å². The fourth-order valence-electron chi connectivity index (χ4n) is 9.09. The first-order chi connectivity index (χ1) is 35.2. The van der Waals surface area contributed by atoms with Crippen molar-refractivity contribution in [3.63, 3.8) is 0 Å². The standard InChI is InChI=1S/C53H64N10O9.ClH/c1-36(56-49(66)39-8-6-9-40(34-39)60-53(21-25-55-26-22-53)52-59-48(61-62-52)38-18-23-54-24-19-38)37-12-14-41(15-13-37)72-28-5-3-2-4-27-69-30-32-71-33-31-70-29-20-47(65)57-44-11-7-10-42-43(44)35-63(51(42)68)45-16-17-46(64)58-50(45)67;/h6-15,18-19,23-24,34,36,45,55,60H,2-5,16-17,20-22,25-33,35H2,1H3,(H,56,66)(H,57,65)(H,58,64,67)(H,59,61,62);1H/t36-,45?;/m1./s1. The van der Waals surface area contributed by atoms with E-state index in [1.54, 1.807) is 30.6 Å². The highest BCUT2D eigenvalue weighted by atomic mass is 35.5. The molecule has 1 unspecified atom stereocenters. The van der Waals surface area contributed by atoms with E-state index in [9.17, 15) is 24.0 Å². The topological polar surface area (TPSA) is 240 Å². The molecular weight excluding hydrogens is 956 g/mol. The number of fused-ring (bicyclic) bond motifs is 1. The highest BCUT2D eigenvalue weighted by Gasteiger charge is 2.40. The molecule has 0 saturated carbocycles. The van der Waals surface area contributed by atoms with Crippen LogP contribution in [0, 0.1) is 0 Å². The van der Waals surface area contributed by atoms with Crippen LogP contribution in [0.4, 0.5) is 11.4 Å². The predicted molar refractivity (Wildman–Crippen MR) is 275 cm³/mol. The van der Waals surface area contributed by atoms with E-state index in [4.69, 9.17) is 18.9 Å². The molecule has 3 aromatic carbocycles. The van der Waals surface area contributed by atoms with Crippen LogP contribution in [0.15, 0.2) is 91.3 Å². The minimum Gasteiger partial charge on any atom is -0.494 e. The second-order valence-electron chi connectivity index (χ2n) is 18.2. The van der Waals surface area contributed by atoms with Gasteiger partial charge in [-0.05, 0) is 119 Å². The molecule has 0 spiro atoms. The summed E-state index contributed by atoms with van der Waals surface area (Å²) in [4.78, 5) is 72.2. The maximum atomic E-state index is 13.5. The SMILES string of the molecule is C[C@@H](NC(=O)c1cccc(NC2(c3nnc(-c4ccncc4)[nH]3)CCNCC2)c1)c1ccc(OCCCCCCOCCOCCOCCC(=O)Nc2cccc3c2CN(C2CCC(=O)NC2=O)C3=O)cc1.Cl. The van der Waals surface area contributed by atoms with E-state index < -0.39 is 17.5 Å². The average Bonchev–Trinajstić information content (AvgIpc) is 4.03. The van der Waals surface area contributed by atoms with E-state index in [-0.39, 0.29) is 74.5 Å². The normalized spacial score (nSPS) is 16.5. The van der Waals surface area contributed by atoms with Gasteiger partial charge in [-0.2, -0.15) is 0 Å². The molecule has 3 aliphatic heterocycles. The van der Waals surface area contributed by atoms with Gasteiger partial charge in [0, 0.05) is 65.6 Å². The van der Waals surface area contributed by atoms with Crippen molar-refractivity contribution >= 4 is 53.3 Å². The molecule has 19 nitrogen and oxygen atoms in total. The van der Waals surface area contributed by atoms with Crippen molar-refractivity contribution in [1.82, 2.24) is 41.0 Å². The minimum absolute atomic E-state index is 0. The number of rotatable bonds is 26. The Morgan fingerprint density at radius 1 is 0.822 bits per heavy atom. The van der Waals surface area contributed by atoms with Crippen LogP contribution in [-0.4, -0.2) is 120 Å². The zero-order valence-electron chi connectivity index (χ0n) is 41.1. The number of piperidine rings is 2. The first-order valence-corrected chi connectivity index (χ1v) is 24.9. The van der Waals surface area contributed by atoms with Crippen LogP contribution in [-0.2, 0) is 40.7 Å². The highest BCUT2D eigenvalue weighted by molar-refractivity contribution is 6.07. The van der Waals surface area contributed by atoms with Crippen molar-refractivity contribution in [2.75, 3.05) is 70.0 Å². The first-order valence-electron chi connectivity index (χ1n) is 24.9. The van der Waals surface area contributed by atoms with Gasteiger partial charge in [0.2, 0.25) is 17.7 Å². The van der Waals surface area contributed by atoms with Gasteiger partial charge in [-0.25, -0.2) is 0 Å². The third-order valence-corrected chi connectivity index (χ3v) is 13.1. The summed E-state index contributed by atoms with van der Waals surface area (Å²) in [5.41, 5.74) is 4.40. The number of H-pyrrole nitrogens is 1. The van der Waals surface area contributed by atoms with Crippen molar-refractivity contribution in [3.8, 4) is 17.1 Å². The number of benzene rings is 3. The van der Waals surface area contributed by atoms with Crippen LogP contribution < -0.4 is 31.3 Å². The molecule has 5 heterocycles. The van der Waals surface area contributed by atoms with Crippen LogP contribution in [0.3, 0.4) is 0 Å². The number of pyridine rings is 1. The molecule has 3 aliphatic rings. The zero-order chi connectivity index (χ0) is 50.1. The van der Waals surface area contributed by atoms with E-state index in [2.05, 4.69) is 46.7 Å². The summed E-state index contributed by atoms with van der Waals surface area (Å²) in [6.07, 6.45) is 9.54. The van der Waals surface area contributed by atoms with Crippen molar-refractivity contribution in [2.45, 2.75) is 88.9 Å². The fraction of sp³-hybridized carbons (Fsp3) is 0.434. The molecule has 5 aromatic rings. The first kappa shape index (κ1) is 54.0. The molecule has 2 fully saturated rings. The number of aromatic amines is 1. The third kappa shape index (κ3) is 14.7. The summed E-state index contributed by atoms with van der Waals surface area (Å²) in [6.45, 7) is 6.90. The van der Waals surface area contributed by atoms with Gasteiger partial charge in [0.05, 0.1) is 57.6 Å². The molecule has 0 aliphatic carbocycles. The number of carbonyl (C=O) groups excluding carboxylic acids is 5. The third-order valence-electron chi connectivity index (χ3n) is 13.1. The number of unbranched alkanes of at least 4 members (excludes halogenated alkanes) is 3. The molecule has 2 saturated heterocycles. The number of nitrogens with zero attached hydrogens (tertiary/aromatic N) is 4. The predicted octanol–water partition coefficient (Wildman–Crippen LogP) is 6.25. The molecule has 6 N–H and O–H groups in total. The monoisotopic (exact) mass is 1020 g/mol. The Hall–Kier alpha value is -6.77. The van der Waals surface area contributed by atoms with E-state index >= 15 is 0 Å². The summed E-state index contributed by atoms with van der Waals surface area (Å²) in [7, 11) is 0. The largest absolute Gasteiger partial charge is 0.494 e. The summed E-state index contributed by atoms with van der Waals surface area (Å²) in [5.74, 6) is 0.696. The van der Waals surface area contributed by atoms with E-state index in [0.717, 1.165) is 80.0 Å². The molecule has 0 radical (unpaired) electrons. The zero-order valence-corrected chi connectivity index (χ0v) is 41.9. The average molecular weight is 1020 g/mol. The number of aromatic nitrogens is 4. The molecule has 0 bridgehead atoms. The number of imide groups is 1. The molecule has 2 atom stereocenters. The molecule has 73 heavy (non-hydrogen) atoms. The lowest BCUT2D eigenvalue weighted by Gasteiger charge is -2.37. The number of ether oxygens (including phenoxy) is 4. The van der Waals surface area contributed by atoms with Crippen molar-refractivity contribution in [3.05, 3.63) is 119 Å². The Morgan fingerprint density at radius 3 is 2.29 bits per heavy atom. The maximum absolute atomic E-state index is 13.5. The van der Waals surface area contributed by atoms with E-state index in [0.29, 0.717) is 67.8 Å². The minimum atomic E-state index is -0.724. The second-order valence-corrected chi connectivity index (χ2v) is 18.2. The summed E-state index contributed by atoms with van der Waals surface area (Å²) < 4.78 is 22.9. The summed E-state index contributed by atoms with van der Waals surface area (Å²) >= 11 is 0. The van der Waals surface area contributed by atoms with Crippen molar-refractivity contribution in [2.24, 2.45) is 0 Å². The van der Waals surface area contributed by atoms with Gasteiger partial charge >= 0.3 is 0 Å². The molecule has 20 heteroatoms. The molecular formula is C53H65ClN10O9. The Morgan fingerprint density at radius 2 is 1.53 bits per heavy atom. The Kier molecular flexibility index (Phi) is 19.8. The van der Waals surface area contributed by atoms with Crippen LogP contribution >= 0.6 is 12.4 Å². The van der Waals surface area contributed by atoms with Gasteiger partial charge in [-0.1, -0.05) is 30.7 Å². The Labute approximate surface area is 431 Å². The van der Waals surface area contributed by atoms with Gasteiger partial charge < -0.3 is 50.1 Å². The number of hydrogen-bond acceptors (Lipinski definition) is 14. The number of carbonyl (C=O) groups is 5. The molecule has 5 amide bonds. The summed E-state index contributed by atoms with van der Waals surface area (Å²) in [6, 6.07) is 23.4. The van der Waals surface area contributed by atoms with Crippen LogP contribution in [0.1, 0.15) is 108 Å². The molecule has 2 aromatic heterocycles. The Balaban J connectivity index is 0.00000780. The number of halogens is 1. The van der Waals surface area contributed by atoms with Crippen LogP contribution in [0.25, 0.3) is 11.4 Å². The van der Waals surface area contributed by atoms with Gasteiger partial charge in [0.15, 0.2) is 11.6 Å². The van der Waals surface area contributed by atoms with Gasteiger partial charge in [0.25, 0.3) is 11.8 Å². The fourth-order valence-corrected chi connectivity index (χ4v) is 9.09. The quantitative estimate of drug-likeness (QED) is 0.0265. The number of amides is 5. The smallest absolute Gasteiger partial charge is 0.255 e. The molecule has 8 rings (SSSR count). The van der Waals surface area contributed by atoms with Crippen LogP contribution in [0.5, 0.6) is 5.75 Å². The van der Waals surface area contributed by atoms with Crippen LogP contribution in [0.2, 0.25) is 0 Å². The molecule has 388 valence electrons. The maximum Gasteiger partial charge on any atom is 0.255 e. The van der Waals surface area contributed by atoms with Crippen molar-refractivity contribution < 1.29 is 42.9 Å².